The van der Waals surface area contributed by atoms with Crippen molar-refractivity contribution < 1.29 is 0 Å². The van der Waals surface area contributed by atoms with Crippen molar-refractivity contribution in [3.63, 3.8) is 0 Å². The van der Waals surface area contributed by atoms with Crippen molar-refractivity contribution in [2.24, 2.45) is 5.73 Å². The Morgan fingerprint density at radius 2 is 2.14 bits per heavy atom. The predicted molar refractivity (Wildman–Crippen MR) is 85.9 cm³/mol. The zero-order valence-corrected chi connectivity index (χ0v) is 12.5. The van der Waals surface area contributed by atoms with Crippen molar-refractivity contribution in [1.82, 2.24) is 9.97 Å². The lowest BCUT2D eigenvalue weighted by atomic mass is 10.1. The van der Waals surface area contributed by atoms with Gasteiger partial charge in [0, 0.05) is 23.5 Å². The van der Waals surface area contributed by atoms with Crippen LogP contribution in [0.5, 0.6) is 0 Å². The van der Waals surface area contributed by atoms with Crippen molar-refractivity contribution >= 4 is 11.5 Å². The maximum absolute atomic E-state index is 5.72. The Bertz CT molecular complexity index is 624. The van der Waals surface area contributed by atoms with Gasteiger partial charge in [0.05, 0.1) is 0 Å². The van der Waals surface area contributed by atoms with Gasteiger partial charge in [-0.25, -0.2) is 9.97 Å². The van der Waals surface area contributed by atoms with Crippen LogP contribution < -0.4 is 10.6 Å². The van der Waals surface area contributed by atoms with Gasteiger partial charge in [-0.3, -0.25) is 0 Å². The molecule has 1 aromatic heterocycles. The third kappa shape index (κ3) is 2.90. The van der Waals surface area contributed by atoms with Crippen molar-refractivity contribution in [2.75, 3.05) is 18.0 Å². The molecule has 0 aliphatic heterocycles. The Hall–Kier alpha value is -1.94. The maximum Gasteiger partial charge on any atom is 0.139 e. The van der Waals surface area contributed by atoms with Crippen LogP contribution in [-0.2, 0) is 12.8 Å². The standard InChI is InChI=1S/C17H22N4/c1-13-5-2-6-14(11-13)21(10-4-9-18)17-15-7-3-8-16(15)19-12-20-17/h2,5-6,11-12H,3-4,7-10,18H2,1H3. The topological polar surface area (TPSA) is 55.0 Å². The van der Waals surface area contributed by atoms with Gasteiger partial charge in [-0.1, -0.05) is 12.1 Å². The summed E-state index contributed by atoms with van der Waals surface area (Å²) in [5.41, 5.74) is 10.7. The van der Waals surface area contributed by atoms with E-state index in [9.17, 15) is 0 Å². The Morgan fingerprint density at radius 1 is 1.24 bits per heavy atom. The quantitative estimate of drug-likeness (QED) is 0.916. The van der Waals surface area contributed by atoms with Crippen molar-refractivity contribution in [3.8, 4) is 0 Å². The number of aromatic nitrogens is 2. The Kier molecular flexibility index (Phi) is 4.15. The van der Waals surface area contributed by atoms with Crippen molar-refractivity contribution in [3.05, 3.63) is 47.4 Å². The molecule has 1 heterocycles. The summed E-state index contributed by atoms with van der Waals surface area (Å²) in [7, 11) is 0. The smallest absolute Gasteiger partial charge is 0.139 e. The lowest BCUT2D eigenvalue weighted by molar-refractivity contribution is 0.803. The van der Waals surface area contributed by atoms with E-state index < -0.39 is 0 Å². The van der Waals surface area contributed by atoms with Crippen LogP contribution in [0.15, 0.2) is 30.6 Å². The number of hydrogen-bond acceptors (Lipinski definition) is 4. The van der Waals surface area contributed by atoms with Gasteiger partial charge in [0.2, 0.25) is 0 Å². The normalized spacial score (nSPS) is 13.2. The van der Waals surface area contributed by atoms with Gasteiger partial charge in [-0.05, 0) is 56.8 Å². The Labute approximate surface area is 126 Å². The molecule has 0 saturated carbocycles. The van der Waals surface area contributed by atoms with E-state index in [0.717, 1.165) is 31.6 Å². The lowest BCUT2D eigenvalue weighted by Gasteiger charge is -2.26. The minimum Gasteiger partial charge on any atom is -0.330 e. The first-order valence-corrected chi connectivity index (χ1v) is 7.66. The summed E-state index contributed by atoms with van der Waals surface area (Å²) in [6.45, 7) is 3.70. The summed E-state index contributed by atoms with van der Waals surface area (Å²) in [5, 5.41) is 0. The molecule has 4 heteroatoms. The van der Waals surface area contributed by atoms with E-state index in [-0.39, 0.29) is 0 Å². The van der Waals surface area contributed by atoms with E-state index in [1.54, 1.807) is 6.33 Å². The molecule has 0 atom stereocenters. The predicted octanol–water partition coefficient (Wildman–Crippen LogP) is 2.76. The van der Waals surface area contributed by atoms with Crippen LogP contribution in [-0.4, -0.2) is 23.1 Å². The molecular formula is C17H22N4. The molecule has 0 bridgehead atoms. The molecule has 0 spiro atoms. The molecule has 1 aliphatic rings. The van der Waals surface area contributed by atoms with Crippen LogP contribution in [0.25, 0.3) is 0 Å². The molecule has 1 aromatic carbocycles. The van der Waals surface area contributed by atoms with Crippen LogP contribution in [0.4, 0.5) is 11.5 Å². The summed E-state index contributed by atoms with van der Waals surface area (Å²) in [4.78, 5) is 11.3. The van der Waals surface area contributed by atoms with Gasteiger partial charge in [0.1, 0.15) is 12.1 Å². The average Bonchev–Trinajstić information content (AvgIpc) is 2.97. The number of benzene rings is 1. The van der Waals surface area contributed by atoms with Crippen LogP contribution in [0.1, 0.15) is 29.7 Å². The molecule has 0 unspecified atom stereocenters. The van der Waals surface area contributed by atoms with Crippen LogP contribution in [0.2, 0.25) is 0 Å². The summed E-state index contributed by atoms with van der Waals surface area (Å²) < 4.78 is 0. The number of nitrogens with two attached hydrogens (primary N) is 1. The van der Waals surface area contributed by atoms with E-state index in [1.165, 1.54) is 28.9 Å². The highest BCUT2D eigenvalue weighted by Crippen LogP contribution is 2.32. The van der Waals surface area contributed by atoms with Gasteiger partial charge >= 0.3 is 0 Å². The zero-order valence-electron chi connectivity index (χ0n) is 12.5. The highest BCUT2D eigenvalue weighted by Gasteiger charge is 2.21. The fraction of sp³-hybridized carbons (Fsp3) is 0.412. The van der Waals surface area contributed by atoms with E-state index in [0.29, 0.717) is 6.54 Å². The highest BCUT2D eigenvalue weighted by atomic mass is 15.2. The first-order valence-electron chi connectivity index (χ1n) is 7.66. The molecule has 1 aliphatic carbocycles. The van der Waals surface area contributed by atoms with Gasteiger partial charge in [-0.15, -0.1) is 0 Å². The molecular weight excluding hydrogens is 260 g/mol. The maximum atomic E-state index is 5.72. The summed E-state index contributed by atoms with van der Waals surface area (Å²) in [6.07, 6.45) is 5.98. The van der Waals surface area contributed by atoms with E-state index in [2.05, 4.69) is 46.1 Å². The van der Waals surface area contributed by atoms with Gasteiger partial charge in [0.15, 0.2) is 0 Å². The molecule has 2 aromatic rings. The summed E-state index contributed by atoms with van der Waals surface area (Å²) in [6, 6.07) is 8.57. The van der Waals surface area contributed by atoms with E-state index >= 15 is 0 Å². The zero-order chi connectivity index (χ0) is 14.7. The third-order valence-electron chi connectivity index (χ3n) is 4.01. The average molecular weight is 282 g/mol. The molecule has 0 fully saturated rings. The van der Waals surface area contributed by atoms with Gasteiger partial charge in [0.25, 0.3) is 0 Å². The van der Waals surface area contributed by atoms with Crippen molar-refractivity contribution in [2.45, 2.75) is 32.6 Å². The number of nitrogens with zero attached hydrogens (tertiary/aromatic N) is 3. The second-order valence-electron chi connectivity index (χ2n) is 5.61. The fourth-order valence-corrected chi connectivity index (χ4v) is 2.98. The lowest BCUT2D eigenvalue weighted by Crippen LogP contribution is -2.23. The molecule has 0 saturated heterocycles. The van der Waals surface area contributed by atoms with Crippen LogP contribution in [0, 0.1) is 6.92 Å². The number of fused-ring (bicyclic) bond motifs is 1. The second kappa shape index (κ2) is 6.22. The number of rotatable bonds is 5. The first-order chi connectivity index (χ1) is 10.3. The summed E-state index contributed by atoms with van der Waals surface area (Å²) in [5.74, 6) is 1.07. The number of anilines is 2. The monoisotopic (exact) mass is 282 g/mol. The third-order valence-corrected chi connectivity index (χ3v) is 4.01. The van der Waals surface area contributed by atoms with E-state index in [1.807, 2.05) is 0 Å². The molecule has 4 nitrogen and oxygen atoms in total. The summed E-state index contributed by atoms with van der Waals surface area (Å²) >= 11 is 0. The molecule has 3 rings (SSSR count). The van der Waals surface area contributed by atoms with Crippen molar-refractivity contribution in [1.29, 1.82) is 0 Å². The SMILES string of the molecule is Cc1cccc(N(CCCN)c2ncnc3c2CCC3)c1. The largest absolute Gasteiger partial charge is 0.330 e. The molecule has 0 radical (unpaired) electrons. The second-order valence-corrected chi connectivity index (χ2v) is 5.61. The van der Waals surface area contributed by atoms with Crippen LogP contribution in [0.3, 0.4) is 0 Å². The minimum absolute atomic E-state index is 0.690. The molecule has 21 heavy (non-hydrogen) atoms. The Balaban J connectivity index is 2.02. The fourth-order valence-electron chi connectivity index (χ4n) is 2.98. The number of aryl methyl sites for hydroxylation is 2. The molecule has 2 N–H and O–H groups in total. The van der Waals surface area contributed by atoms with E-state index in [4.69, 9.17) is 5.73 Å². The highest BCUT2D eigenvalue weighted by molar-refractivity contribution is 5.64. The van der Waals surface area contributed by atoms with Crippen LogP contribution >= 0.6 is 0 Å². The van der Waals surface area contributed by atoms with Gasteiger partial charge < -0.3 is 10.6 Å². The van der Waals surface area contributed by atoms with Gasteiger partial charge in [-0.2, -0.15) is 0 Å². The molecule has 0 amide bonds. The number of hydrogen-bond donors (Lipinski definition) is 1. The first kappa shape index (κ1) is 14.0. The Morgan fingerprint density at radius 3 is 2.95 bits per heavy atom. The minimum atomic E-state index is 0.690. The molecule has 110 valence electrons.